The summed E-state index contributed by atoms with van der Waals surface area (Å²) in [6, 6.07) is 11.9. The van der Waals surface area contributed by atoms with Crippen molar-refractivity contribution in [3.63, 3.8) is 0 Å². The molecule has 0 atom stereocenters. The number of hydrogen-bond donors (Lipinski definition) is 1. The van der Waals surface area contributed by atoms with Crippen molar-refractivity contribution < 1.29 is 13.9 Å². The van der Waals surface area contributed by atoms with Gasteiger partial charge in [0.1, 0.15) is 5.82 Å². The van der Waals surface area contributed by atoms with Crippen molar-refractivity contribution in [2.24, 2.45) is 0 Å². The number of hydrogen-bond acceptors (Lipinski definition) is 3. The van der Waals surface area contributed by atoms with Crippen molar-refractivity contribution in [3.05, 3.63) is 64.5 Å². The fourth-order valence-electron chi connectivity index (χ4n) is 3.42. The number of halogens is 2. The van der Waals surface area contributed by atoms with Crippen molar-refractivity contribution in [2.75, 3.05) is 38.2 Å². The van der Waals surface area contributed by atoms with Crippen LogP contribution < -0.4 is 5.32 Å². The molecule has 4 rings (SSSR count). The van der Waals surface area contributed by atoms with Crippen molar-refractivity contribution >= 4 is 38.4 Å². The summed E-state index contributed by atoms with van der Waals surface area (Å²) in [6.07, 6.45) is 2.07. The third-order valence-corrected chi connectivity index (χ3v) is 5.65. The normalized spacial score (nSPS) is 15.1. The van der Waals surface area contributed by atoms with Gasteiger partial charge in [0.25, 0.3) is 5.91 Å². The molecule has 1 fully saturated rings. The second-order valence-electron chi connectivity index (χ2n) is 6.82. The van der Waals surface area contributed by atoms with Gasteiger partial charge in [-0.1, -0.05) is 0 Å². The highest BCUT2D eigenvalue weighted by Crippen LogP contribution is 2.23. The van der Waals surface area contributed by atoms with Crippen LogP contribution in [0.25, 0.3) is 10.9 Å². The molecule has 1 amide bonds. The molecule has 1 N–H and O–H groups in total. The van der Waals surface area contributed by atoms with Gasteiger partial charge in [0.05, 0.1) is 18.8 Å². The number of ether oxygens (including phenoxy) is 1. The van der Waals surface area contributed by atoms with E-state index in [0.717, 1.165) is 50.3 Å². The fourth-order valence-corrected chi connectivity index (χ4v) is 3.84. The van der Waals surface area contributed by atoms with Crippen molar-refractivity contribution in [2.45, 2.75) is 6.54 Å². The first-order valence-electron chi connectivity index (χ1n) is 9.25. The number of aromatic nitrogens is 1. The zero-order valence-electron chi connectivity index (χ0n) is 15.3. The third-order valence-electron chi connectivity index (χ3n) is 4.96. The first kappa shape index (κ1) is 19.1. The van der Waals surface area contributed by atoms with Gasteiger partial charge in [0, 0.05) is 53.4 Å². The Kier molecular flexibility index (Phi) is 5.75. The summed E-state index contributed by atoms with van der Waals surface area (Å²) in [4.78, 5) is 14.9. The van der Waals surface area contributed by atoms with Crippen LogP contribution in [0.1, 0.15) is 10.4 Å². The molecule has 2 heterocycles. The number of carbonyl (C=O) groups is 1. The van der Waals surface area contributed by atoms with E-state index in [2.05, 4.69) is 36.9 Å². The molecule has 3 aromatic rings. The monoisotopic (exact) mass is 445 g/mol. The Morgan fingerprint density at radius 3 is 2.75 bits per heavy atom. The van der Waals surface area contributed by atoms with Crippen LogP contribution in [0.2, 0.25) is 0 Å². The maximum Gasteiger partial charge on any atom is 0.256 e. The Morgan fingerprint density at radius 1 is 1.11 bits per heavy atom. The molecular weight excluding hydrogens is 425 g/mol. The highest BCUT2D eigenvalue weighted by Gasteiger charge is 2.13. The van der Waals surface area contributed by atoms with E-state index >= 15 is 0 Å². The average Bonchev–Trinajstić information content (AvgIpc) is 3.11. The van der Waals surface area contributed by atoms with Gasteiger partial charge < -0.3 is 14.6 Å². The molecule has 0 bridgehead atoms. The van der Waals surface area contributed by atoms with E-state index in [1.165, 1.54) is 18.2 Å². The Bertz CT molecular complexity index is 998. The minimum absolute atomic E-state index is 0.267. The van der Waals surface area contributed by atoms with Gasteiger partial charge in [-0.2, -0.15) is 0 Å². The molecule has 146 valence electrons. The summed E-state index contributed by atoms with van der Waals surface area (Å²) >= 11 is 3.29. The van der Waals surface area contributed by atoms with Gasteiger partial charge in [-0.05, 0) is 58.4 Å². The lowest BCUT2D eigenvalue weighted by atomic mass is 10.2. The predicted molar refractivity (Wildman–Crippen MR) is 111 cm³/mol. The van der Waals surface area contributed by atoms with Crippen molar-refractivity contribution in [3.8, 4) is 0 Å². The highest BCUT2D eigenvalue weighted by molar-refractivity contribution is 9.10. The van der Waals surface area contributed by atoms with Crippen LogP contribution in [-0.2, 0) is 11.3 Å². The Morgan fingerprint density at radius 2 is 1.93 bits per heavy atom. The third kappa shape index (κ3) is 4.27. The second-order valence-corrected chi connectivity index (χ2v) is 7.67. The SMILES string of the molecule is O=C(Nc1ccc2c(ccn2CCN2CCOCC2)c1)c1cc(F)ccc1Br. The van der Waals surface area contributed by atoms with E-state index in [4.69, 9.17) is 4.74 Å². The van der Waals surface area contributed by atoms with Crippen LogP contribution in [-0.4, -0.2) is 48.2 Å². The number of benzene rings is 2. The maximum absolute atomic E-state index is 13.5. The molecule has 0 spiro atoms. The molecule has 28 heavy (non-hydrogen) atoms. The topological polar surface area (TPSA) is 46.5 Å². The van der Waals surface area contributed by atoms with Gasteiger partial charge in [-0.25, -0.2) is 4.39 Å². The van der Waals surface area contributed by atoms with Gasteiger partial charge in [-0.3, -0.25) is 9.69 Å². The molecular formula is C21H21BrFN3O2. The van der Waals surface area contributed by atoms with E-state index < -0.39 is 5.82 Å². The van der Waals surface area contributed by atoms with Crippen LogP contribution in [0.5, 0.6) is 0 Å². The Hall–Kier alpha value is -2.22. The summed E-state index contributed by atoms with van der Waals surface area (Å²) in [5, 5.41) is 3.90. The van der Waals surface area contributed by atoms with Gasteiger partial charge >= 0.3 is 0 Å². The lowest BCUT2D eigenvalue weighted by molar-refractivity contribution is 0.0365. The summed E-state index contributed by atoms with van der Waals surface area (Å²) in [6.45, 7) is 5.45. The van der Waals surface area contributed by atoms with Gasteiger partial charge in [-0.15, -0.1) is 0 Å². The Balaban J connectivity index is 1.46. The zero-order chi connectivity index (χ0) is 19.5. The fraction of sp³-hybridized carbons (Fsp3) is 0.286. The van der Waals surface area contributed by atoms with Crippen LogP contribution in [0.4, 0.5) is 10.1 Å². The van der Waals surface area contributed by atoms with Crippen LogP contribution in [0.15, 0.2) is 53.1 Å². The smallest absolute Gasteiger partial charge is 0.256 e. The quantitative estimate of drug-likeness (QED) is 0.642. The van der Waals surface area contributed by atoms with E-state index in [1.54, 1.807) is 0 Å². The molecule has 0 radical (unpaired) electrons. The highest BCUT2D eigenvalue weighted by atomic mass is 79.9. The van der Waals surface area contributed by atoms with Crippen LogP contribution in [0, 0.1) is 5.82 Å². The molecule has 0 unspecified atom stereocenters. The summed E-state index contributed by atoms with van der Waals surface area (Å²) < 4.78 is 21.6. The number of nitrogens with one attached hydrogen (secondary N) is 1. The molecule has 1 aromatic heterocycles. The summed E-state index contributed by atoms with van der Waals surface area (Å²) in [5.74, 6) is -0.793. The van der Waals surface area contributed by atoms with Gasteiger partial charge in [0.2, 0.25) is 0 Å². The van der Waals surface area contributed by atoms with Crippen LogP contribution >= 0.6 is 15.9 Å². The van der Waals surface area contributed by atoms with Crippen molar-refractivity contribution in [1.82, 2.24) is 9.47 Å². The second kappa shape index (κ2) is 8.43. The van der Waals surface area contributed by atoms with Crippen LogP contribution in [0.3, 0.4) is 0 Å². The number of nitrogens with zero attached hydrogens (tertiary/aromatic N) is 2. The molecule has 1 aliphatic rings. The number of amides is 1. The molecule has 1 aliphatic heterocycles. The average molecular weight is 446 g/mol. The zero-order valence-corrected chi connectivity index (χ0v) is 16.9. The summed E-state index contributed by atoms with van der Waals surface area (Å²) in [5.41, 5.74) is 2.07. The number of anilines is 1. The van der Waals surface area contributed by atoms with Crippen molar-refractivity contribution in [1.29, 1.82) is 0 Å². The standard InChI is InChI=1S/C21H21BrFN3O2/c22-19-3-1-16(23)14-18(19)21(27)24-17-2-4-20-15(13-17)5-6-26(20)8-7-25-9-11-28-12-10-25/h1-6,13-14H,7-12H2,(H,24,27). The molecule has 0 saturated carbocycles. The maximum atomic E-state index is 13.5. The van der Waals surface area contributed by atoms with E-state index in [-0.39, 0.29) is 11.5 Å². The Labute approximate surface area is 171 Å². The van der Waals surface area contributed by atoms with Gasteiger partial charge in [0.15, 0.2) is 0 Å². The molecule has 1 saturated heterocycles. The van der Waals surface area contributed by atoms with E-state index in [1.807, 2.05) is 24.3 Å². The molecule has 7 heteroatoms. The van der Waals surface area contributed by atoms with E-state index in [9.17, 15) is 9.18 Å². The largest absolute Gasteiger partial charge is 0.379 e. The number of rotatable bonds is 5. The summed E-state index contributed by atoms with van der Waals surface area (Å²) in [7, 11) is 0. The lowest BCUT2D eigenvalue weighted by Crippen LogP contribution is -2.38. The molecule has 5 nitrogen and oxygen atoms in total. The first-order valence-corrected chi connectivity index (χ1v) is 10.0. The predicted octanol–water partition coefficient (Wildman–Crippen LogP) is 4.13. The minimum Gasteiger partial charge on any atom is -0.379 e. The molecule has 0 aliphatic carbocycles. The number of fused-ring (bicyclic) bond motifs is 1. The van der Waals surface area contributed by atoms with E-state index in [0.29, 0.717) is 10.2 Å². The first-order chi connectivity index (χ1) is 13.6. The number of morpholine rings is 1. The minimum atomic E-state index is -0.443. The lowest BCUT2D eigenvalue weighted by Gasteiger charge is -2.26. The molecule has 2 aromatic carbocycles. The number of carbonyl (C=O) groups excluding carboxylic acids is 1.